The maximum atomic E-state index is 12.4. The SMILES string of the molecule is Cc1ccc(S(=O)(=O)NC2CCCN(C)C2)cc1CO. The Balaban J connectivity index is 2.17. The van der Waals surface area contributed by atoms with Crippen LogP contribution in [0.3, 0.4) is 0 Å². The minimum Gasteiger partial charge on any atom is -0.392 e. The van der Waals surface area contributed by atoms with Gasteiger partial charge in [-0.3, -0.25) is 0 Å². The molecule has 0 bridgehead atoms. The third kappa shape index (κ3) is 3.58. The lowest BCUT2D eigenvalue weighted by Crippen LogP contribution is -2.46. The minimum absolute atomic E-state index is 0.0439. The summed E-state index contributed by atoms with van der Waals surface area (Å²) in [6, 6.07) is 4.82. The zero-order valence-electron chi connectivity index (χ0n) is 12.0. The molecule has 5 nitrogen and oxygen atoms in total. The molecule has 0 aliphatic carbocycles. The summed E-state index contributed by atoms with van der Waals surface area (Å²) < 4.78 is 27.5. The second-order valence-electron chi connectivity index (χ2n) is 5.47. The molecule has 1 saturated heterocycles. The van der Waals surface area contributed by atoms with Gasteiger partial charge in [0.2, 0.25) is 10.0 Å². The maximum Gasteiger partial charge on any atom is 0.240 e. The number of aliphatic hydroxyl groups is 1. The summed E-state index contributed by atoms with van der Waals surface area (Å²) in [6.45, 7) is 3.45. The van der Waals surface area contributed by atoms with Gasteiger partial charge >= 0.3 is 0 Å². The predicted molar refractivity (Wildman–Crippen MR) is 77.9 cm³/mol. The van der Waals surface area contributed by atoms with E-state index in [2.05, 4.69) is 9.62 Å². The lowest BCUT2D eigenvalue weighted by Gasteiger charge is -2.30. The average Bonchev–Trinajstić information content (AvgIpc) is 2.38. The van der Waals surface area contributed by atoms with Gasteiger partial charge in [0.05, 0.1) is 11.5 Å². The number of aliphatic hydroxyl groups excluding tert-OH is 1. The highest BCUT2D eigenvalue weighted by Gasteiger charge is 2.24. The second kappa shape index (κ2) is 6.22. The first kappa shape index (κ1) is 15.4. The van der Waals surface area contributed by atoms with E-state index in [1.54, 1.807) is 18.2 Å². The van der Waals surface area contributed by atoms with E-state index in [1.165, 1.54) is 0 Å². The topological polar surface area (TPSA) is 69.6 Å². The van der Waals surface area contributed by atoms with Crippen molar-refractivity contribution in [3.05, 3.63) is 29.3 Å². The van der Waals surface area contributed by atoms with Crippen LogP contribution >= 0.6 is 0 Å². The molecule has 20 heavy (non-hydrogen) atoms. The number of likely N-dealkylation sites (N-methyl/N-ethyl adjacent to an activating group) is 1. The summed E-state index contributed by atoms with van der Waals surface area (Å²) >= 11 is 0. The quantitative estimate of drug-likeness (QED) is 0.865. The van der Waals surface area contributed by atoms with Gasteiger partial charge in [0.25, 0.3) is 0 Å². The number of piperidine rings is 1. The lowest BCUT2D eigenvalue weighted by molar-refractivity contribution is 0.242. The maximum absolute atomic E-state index is 12.4. The zero-order valence-corrected chi connectivity index (χ0v) is 12.8. The third-order valence-electron chi connectivity index (χ3n) is 3.75. The predicted octanol–water partition coefficient (Wildman–Crippen LogP) is 0.860. The van der Waals surface area contributed by atoms with Crippen molar-refractivity contribution in [2.75, 3.05) is 20.1 Å². The molecule has 0 radical (unpaired) electrons. The highest BCUT2D eigenvalue weighted by atomic mass is 32.2. The van der Waals surface area contributed by atoms with Gasteiger partial charge in [-0.15, -0.1) is 0 Å². The van der Waals surface area contributed by atoms with Gasteiger partial charge in [0.15, 0.2) is 0 Å². The van der Waals surface area contributed by atoms with Gasteiger partial charge in [-0.05, 0) is 56.6 Å². The van der Waals surface area contributed by atoms with Crippen molar-refractivity contribution in [1.29, 1.82) is 0 Å². The zero-order chi connectivity index (χ0) is 14.8. The van der Waals surface area contributed by atoms with Crippen molar-refractivity contribution in [2.24, 2.45) is 0 Å². The number of nitrogens with one attached hydrogen (secondary N) is 1. The smallest absolute Gasteiger partial charge is 0.240 e. The number of sulfonamides is 1. The van der Waals surface area contributed by atoms with E-state index in [1.807, 2.05) is 14.0 Å². The van der Waals surface area contributed by atoms with Crippen LogP contribution in [0.1, 0.15) is 24.0 Å². The van der Waals surface area contributed by atoms with E-state index >= 15 is 0 Å². The molecule has 0 amide bonds. The Morgan fingerprint density at radius 2 is 2.20 bits per heavy atom. The Kier molecular flexibility index (Phi) is 4.80. The molecular weight excluding hydrogens is 276 g/mol. The van der Waals surface area contributed by atoms with E-state index in [0.29, 0.717) is 5.56 Å². The monoisotopic (exact) mass is 298 g/mol. The fraction of sp³-hybridized carbons (Fsp3) is 0.571. The summed E-state index contributed by atoms with van der Waals surface area (Å²) in [5.74, 6) is 0. The average molecular weight is 298 g/mol. The van der Waals surface area contributed by atoms with Crippen LogP contribution in [0.2, 0.25) is 0 Å². The fourth-order valence-corrected chi connectivity index (χ4v) is 3.85. The Bertz CT molecular complexity index is 572. The molecule has 6 heteroatoms. The summed E-state index contributed by atoms with van der Waals surface area (Å²) in [6.07, 6.45) is 1.86. The first-order valence-electron chi connectivity index (χ1n) is 6.83. The van der Waals surface area contributed by atoms with E-state index in [9.17, 15) is 13.5 Å². The third-order valence-corrected chi connectivity index (χ3v) is 5.27. The molecule has 112 valence electrons. The molecule has 1 aromatic carbocycles. The van der Waals surface area contributed by atoms with Gasteiger partial charge in [-0.25, -0.2) is 13.1 Å². The van der Waals surface area contributed by atoms with Gasteiger partial charge in [-0.2, -0.15) is 0 Å². The molecule has 1 aliphatic rings. The van der Waals surface area contributed by atoms with Crippen LogP contribution in [0.4, 0.5) is 0 Å². The number of aryl methyl sites for hydroxylation is 1. The molecule has 0 spiro atoms. The first-order valence-corrected chi connectivity index (χ1v) is 8.32. The van der Waals surface area contributed by atoms with Crippen molar-refractivity contribution in [3.63, 3.8) is 0 Å². The van der Waals surface area contributed by atoms with Crippen molar-refractivity contribution < 1.29 is 13.5 Å². The van der Waals surface area contributed by atoms with E-state index in [-0.39, 0.29) is 17.5 Å². The summed E-state index contributed by atoms with van der Waals surface area (Å²) in [4.78, 5) is 2.35. The fourth-order valence-electron chi connectivity index (χ4n) is 2.54. The van der Waals surface area contributed by atoms with Crippen LogP contribution in [-0.2, 0) is 16.6 Å². The standard InChI is InChI=1S/C14H22N2O3S/c1-11-5-6-14(8-12(11)10-17)20(18,19)15-13-4-3-7-16(2)9-13/h5-6,8,13,15,17H,3-4,7,9-10H2,1-2H3. The van der Waals surface area contributed by atoms with Crippen LogP contribution < -0.4 is 4.72 Å². The molecule has 1 atom stereocenters. The minimum atomic E-state index is -3.52. The van der Waals surface area contributed by atoms with Gasteiger partial charge in [0.1, 0.15) is 0 Å². The molecule has 1 aromatic rings. The second-order valence-corrected chi connectivity index (χ2v) is 7.18. The lowest BCUT2D eigenvalue weighted by atomic mass is 10.1. The Hall–Kier alpha value is -0.950. The normalized spacial score (nSPS) is 21.1. The number of likely N-dealkylation sites (tertiary alicyclic amines) is 1. The summed E-state index contributed by atoms with van der Waals surface area (Å²) in [7, 11) is -1.52. The van der Waals surface area contributed by atoms with Crippen LogP contribution in [0.25, 0.3) is 0 Å². The molecule has 1 aliphatic heterocycles. The van der Waals surface area contributed by atoms with Crippen LogP contribution in [0.15, 0.2) is 23.1 Å². The van der Waals surface area contributed by atoms with Gasteiger partial charge in [0, 0.05) is 12.6 Å². The summed E-state index contributed by atoms with van der Waals surface area (Å²) in [5.41, 5.74) is 1.54. The molecular formula is C14H22N2O3S. The van der Waals surface area contributed by atoms with Crippen LogP contribution in [-0.4, -0.2) is 44.6 Å². The van der Waals surface area contributed by atoms with Crippen molar-refractivity contribution >= 4 is 10.0 Å². The summed E-state index contributed by atoms with van der Waals surface area (Å²) in [5, 5.41) is 9.24. The Labute approximate surface area is 120 Å². The highest BCUT2D eigenvalue weighted by Crippen LogP contribution is 2.17. The van der Waals surface area contributed by atoms with E-state index in [0.717, 1.165) is 31.5 Å². The number of hydrogen-bond acceptors (Lipinski definition) is 4. The first-order chi connectivity index (χ1) is 9.42. The van der Waals surface area contributed by atoms with Crippen LogP contribution in [0.5, 0.6) is 0 Å². The molecule has 2 N–H and O–H groups in total. The molecule has 0 aromatic heterocycles. The van der Waals surface area contributed by atoms with Crippen molar-refractivity contribution in [2.45, 2.75) is 37.3 Å². The van der Waals surface area contributed by atoms with Crippen molar-refractivity contribution in [3.8, 4) is 0 Å². The largest absolute Gasteiger partial charge is 0.392 e. The number of rotatable bonds is 4. The molecule has 0 saturated carbocycles. The molecule has 1 unspecified atom stereocenters. The van der Waals surface area contributed by atoms with Gasteiger partial charge in [-0.1, -0.05) is 6.07 Å². The number of hydrogen-bond donors (Lipinski definition) is 2. The van der Waals surface area contributed by atoms with E-state index in [4.69, 9.17) is 0 Å². The Morgan fingerprint density at radius 1 is 1.45 bits per heavy atom. The van der Waals surface area contributed by atoms with Crippen molar-refractivity contribution in [1.82, 2.24) is 9.62 Å². The highest BCUT2D eigenvalue weighted by molar-refractivity contribution is 7.89. The molecule has 2 rings (SSSR count). The number of nitrogens with zero attached hydrogens (tertiary/aromatic N) is 1. The van der Waals surface area contributed by atoms with Crippen LogP contribution in [0, 0.1) is 6.92 Å². The van der Waals surface area contributed by atoms with E-state index < -0.39 is 10.0 Å². The van der Waals surface area contributed by atoms with Gasteiger partial charge < -0.3 is 10.0 Å². The molecule has 1 heterocycles. The molecule has 1 fully saturated rings. The number of benzene rings is 1. The Morgan fingerprint density at radius 3 is 2.85 bits per heavy atom.